The Morgan fingerprint density at radius 3 is 1.54 bits per heavy atom. The van der Waals surface area contributed by atoms with Crippen molar-refractivity contribution in [1.82, 2.24) is 3.80 Å². The van der Waals surface area contributed by atoms with E-state index in [1.54, 1.807) is 0 Å². The topological polar surface area (TPSA) is 12.0 Å². The minimum absolute atomic E-state index is 0.0945. The van der Waals surface area contributed by atoms with Crippen LogP contribution in [0.3, 0.4) is 0 Å². The Morgan fingerprint density at radius 2 is 1.17 bits per heavy atom. The molecular weight excluding hydrogens is 342 g/mol. The average molecular weight is 376 g/mol. The number of hydrogen-bond donors (Lipinski definition) is 1. The van der Waals surface area contributed by atoms with Gasteiger partial charge in [0.1, 0.15) is 0 Å². The third-order valence-electron chi connectivity index (χ3n) is 5.49. The molecule has 1 nitrogen and oxygen atoms in total. The zero-order valence-electron chi connectivity index (χ0n) is 16.7. The summed E-state index contributed by atoms with van der Waals surface area (Å²) < 4.78 is 4.76. The molecule has 0 fully saturated rings. The summed E-state index contributed by atoms with van der Waals surface area (Å²) in [6.07, 6.45) is 0. The number of fused-ring (bicyclic) bond motifs is 3. The van der Waals surface area contributed by atoms with Gasteiger partial charge in [0.15, 0.2) is 0 Å². The molecule has 3 heteroatoms. The summed E-state index contributed by atoms with van der Waals surface area (Å²) in [6, 6.07) is 18.1. The average Bonchev–Trinajstić information content (AvgIpc) is 2.69. The van der Waals surface area contributed by atoms with Crippen LogP contribution in [0.4, 0.5) is 0 Å². The fourth-order valence-corrected chi connectivity index (χ4v) is 24.6. The molecule has 0 radical (unpaired) electrons. The third-order valence-corrected chi connectivity index (χ3v) is 18.2. The Kier molecular flexibility index (Phi) is 3.03. The summed E-state index contributed by atoms with van der Waals surface area (Å²) in [5.41, 5.74) is 6.01. The Morgan fingerprint density at radius 1 is 0.792 bits per heavy atom. The Bertz CT molecular complexity index is 801. The predicted molar refractivity (Wildman–Crippen MR) is 110 cm³/mol. The van der Waals surface area contributed by atoms with Crippen molar-refractivity contribution in [1.29, 1.82) is 0 Å². The first kappa shape index (κ1) is 18.1. The molecule has 0 saturated carbocycles. The molecule has 0 aromatic heterocycles. The van der Waals surface area contributed by atoms with E-state index in [0.29, 0.717) is 4.22 Å². The molecule has 2 aromatic rings. The van der Waals surface area contributed by atoms with Gasteiger partial charge in [0.05, 0.1) is 0 Å². The van der Waals surface area contributed by atoms with Crippen LogP contribution in [-0.4, -0.2) is 13.6 Å². The second-order valence-electron chi connectivity index (χ2n) is 13.8. The van der Waals surface area contributed by atoms with Crippen molar-refractivity contribution in [2.75, 3.05) is 0 Å². The molecule has 0 heterocycles. The summed E-state index contributed by atoms with van der Waals surface area (Å²) in [5, 5.41) is 10.5. The van der Waals surface area contributed by atoms with Crippen LogP contribution >= 0.6 is 0 Å². The van der Waals surface area contributed by atoms with Gasteiger partial charge >= 0.3 is 146 Å². The Labute approximate surface area is 146 Å². The van der Waals surface area contributed by atoms with Crippen molar-refractivity contribution < 1.29 is 12.3 Å². The molecule has 0 amide bonds. The van der Waals surface area contributed by atoms with Gasteiger partial charge in [0.25, 0.3) is 0 Å². The van der Waals surface area contributed by atoms with Crippen LogP contribution < -0.4 is 3.80 Å². The zero-order chi connectivity index (χ0) is 18.1. The van der Waals surface area contributed by atoms with E-state index in [2.05, 4.69) is 94.0 Å². The summed E-state index contributed by atoms with van der Waals surface area (Å²) in [5.74, 6) is 0. The van der Waals surface area contributed by atoms with Gasteiger partial charge in [0, 0.05) is 0 Å². The molecular formula is C21H34NSiTi. The van der Waals surface area contributed by atoms with E-state index in [-0.39, 0.29) is 5.54 Å². The van der Waals surface area contributed by atoms with E-state index >= 15 is 0 Å². The van der Waals surface area contributed by atoms with Crippen LogP contribution in [-0.2, 0) is 12.3 Å². The fourth-order valence-electron chi connectivity index (χ4n) is 6.03. The molecule has 3 rings (SSSR count). The number of hydrogen-bond acceptors (Lipinski definition) is 1. The van der Waals surface area contributed by atoms with Gasteiger partial charge in [0.2, 0.25) is 0 Å². The number of nitrogens with one attached hydrogen (secondary N) is 1. The van der Waals surface area contributed by atoms with Gasteiger partial charge in [-0.25, -0.2) is 0 Å². The van der Waals surface area contributed by atoms with Crippen LogP contribution in [0.25, 0.3) is 11.1 Å². The van der Waals surface area contributed by atoms with Gasteiger partial charge in [-0.3, -0.25) is 0 Å². The summed E-state index contributed by atoms with van der Waals surface area (Å²) in [4.78, 5) is 0. The first-order valence-electron chi connectivity index (χ1n) is 9.27. The molecule has 0 bridgehead atoms. The maximum atomic E-state index is 4.29. The first-order valence-corrected chi connectivity index (χ1v) is 22.9. The number of rotatable bonds is 2. The van der Waals surface area contributed by atoms with Crippen LogP contribution in [0, 0.1) is 0 Å². The van der Waals surface area contributed by atoms with Crippen molar-refractivity contribution in [3.63, 3.8) is 0 Å². The van der Waals surface area contributed by atoms with Crippen LogP contribution in [0.15, 0.2) is 48.5 Å². The van der Waals surface area contributed by atoms with Gasteiger partial charge in [-0.15, -0.1) is 0 Å². The van der Waals surface area contributed by atoms with Gasteiger partial charge in [-0.05, 0) is 0 Å². The summed E-state index contributed by atoms with van der Waals surface area (Å²) in [6.45, 7) is 6.96. The molecule has 0 saturated heterocycles. The molecule has 2 aromatic carbocycles. The molecule has 0 atom stereocenters. The van der Waals surface area contributed by atoms with E-state index in [9.17, 15) is 0 Å². The van der Waals surface area contributed by atoms with Crippen molar-refractivity contribution in [2.45, 2.75) is 51.4 Å². The molecule has 1 N–H and O–H groups in total. The molecule has 131 valence electrons. The fraction of sp³-hybridized carbons (Fsp3) is 0.429. The van der Waals surface area contributed by atoms with Crippen molar-refractivity contribution in [3.05, 3.63) is 59.7 Å². The molecule has 0 unspecified atom stereocenters. The van der Waals surface area contributed by atoms with Gasteiger partial charge in [-0.2, -0.15) is 0 Å². The van der Waals surface area contributed by atoms with Crippen molar-refractivity contribution in [2.24, 2.45) is 0 Å². The predicted octanol–water partition coefficient (Wildman–Crippen LogP) is 5.29. The molecule has 1 aliphatic rings. The zero-order valence-corrected chi connectivity index (χ0v) is 20.3. The van der Waals surface area contributed by atoms with E-state index in [0.717, 1.165) is 8.11 Å². The second kappa shape index (κ2) is 4.01. The Hall–Kier alpha value is -0.669. The van der Waals surface area contributed by atoms with Crippen LogP contribution in [0.2, 0.25) is 20.9 Å². The van der Waals surface area contributed by atoms with E-state index in [1.165, 1.54) is 22.3 Å². The third kappa shape index (κ3) is 2.99. The standard InChI is InChI=1S/C13H9.C4H10N.4CH3.H3Si.Ti/c1-3-7-12-10(5-1)9-11-6-2-4-8-13(11)12;1-4(2,3)5;;;;;;/h1-9H;5H,1-3H3;5*1H3;/q;-1;;;;;;+1. The van der Waals surface area contributed by atoms with Gasteiger partial charge in [-0.1, -0.05) is 0 Å². The van der Waals surface area contributed by atoms with Crippen molar-refractivity contribution in [3.8, 4) is 11.1 Å². The van der Waals surface area contributed by atoms with E-state index < -0.39 is 12.3 Å². The molecule has 0 aliphatic heterocycles. The minimum atomic E-state index is -4.03. The second-order valence-corrected chi connectivity index (χ2v) is 60.5. The van der Waals surface area contributed by atoms with Crippen LogP contribution in [0.5, 0.6) is 0 Å². The number of benzene rings is 2. The molecule has 1 aliphatic carbocycles. The van der Waals surface area contributed by atoms with Crippen molar-refractivity contribution >= 4 is 8.11 Å². The molecule has 24 heavy (non-hydrogen) atoms. The normalized spacial score (nSPS) is 19.7. The first-order chi connectivity index (χ1) is 10.5. The SMILES string of the molecule is CC(C)(C)[NH][Ti]([CH3])([CH3])([CH3])([CH3])([SiH3])[CH]1c2ccccc2-c2ccccc21. The quantitative estimate of drug-likeness (QED) is 0.702. The van der Waals surface area contributed by atoms with Gasteiger partial charge < -0.3 is 0 Å². The maximum absolute atomic E-state index is 4.29. The van der Waals surface area contributed by atoms with Crippen LogP contribution in [0.1, 0.15) is 36.1 Å². The van der Waals surface area contributed by atoms with E-state index in [4.69, 9.17) is 0 Å². The summed E-state index contributed by atoms with van der Waals surface area (Å²) >= 11 is -4.03. The monoisotopic (exact) mass is 376 g/mol. The molecule has 0 spiro atoms. The van der Waals surface area contributed by atoms with E-state index in [1.807, 2.05) is 0 Å². The Balaban J connectivity index is 2.41. The summed E-state index contributed by atoms with van der Waals surface area (Å²) in [7, 11) is 1.15.